The van der Waals surface area contributed by atoms with Crippen LogP contribution in [-0.2, 0) is 27.9 Å². The van der Waals surface area contributed by atoms with E-state index in [1.54, 1.807) is 0 Å². The van der Waals surface area contributed by atoms with Crippen LogP contribution in [0.15, 0.2) is 122 Å². The highest BCUT2D eigenvalue weighted by atomic mass is 31.2. The number of hydrogen-bond donors (Lipinski definition) is 2. The first-order valence-corrected chi connectivity index (χ1v) is 32.4. The fourth-order valence-corrected chi connectivity index (χ4v) is 8.97. The molecule has 0 aromatic rings. The Hall–Kier alpha value is -3.59. The maximum absolute atomic E-state index is 13.5. The summed E-state index contributed by atoms with van der Waals surface area (Å²) in [4.78, 5) is 37.6. The summed E-state index contributed by atoms with van der Waals surface area (Å²) < 4.78 is 30.6. The highest BCUT2D eigenvalue weighted by Gasteiger charge is 2.30. The summed E-state index contributed by atoms with van der Waals surface area (Å²) in [6.07, 6.45) is 77.8. The van der Waals surface area contributed by atoms with Gasteiger partial charge in [-0.3, -0.25) is 18.6 Å². The number of nitrogens with zero attached hydrogens (tertiary/aromatic N) is 1. The van der Waals surface area contributed by atoms with E-state index in [-0.39, 0.29) is 31.5 Å². The van der Waals surface area contributed by atoms with Crippen LogP contribution < -0.4 is 5.32 Å². The smallest absolute Gasteiger partial charge is 0.456 e. The second kappa shape index (κ2) is 55.7. The zero-order valence-electron chi connectivity index (χ0n) is 50.2. The molecule has 3 atom stereocenters. The van der Waals surface area contributed by atoms with Crippen molar-refractivity contribution in [2.75, 3.05) is 40.9 Å². The first kappa shape index (κ1) is 73.4. The van der Waals surface area contributed by atoms with E-state index in [0.717, 1.165) is 128 Å². The maximum Gasteiger partial charge on any atom is 0.472 e. The molecule has 0 aliphatic rings. The van der Waals surface area contributed by atoms with Crippen LogP contribution in [0, 0.1) is 0 Å². The Morgan fingerprint density at radius 1 is 0.481 bits per heavy atom. The van der Waals surface area contributed by atoms with Gasteiger partial charge in [0, 0.05) is 12.8 Å². The second-order valence-electron chi connectivity index (χ2n) is 21.5. The van der Waals surface area contributed by atoms with Gasteiger partial charge in [-0.2, -0.15) is 0 Å². The molecule has 0 aromatic heterocycles. The monoisotopic (exact) mass is 1090 g/mol. The number of nitrogens with one attached hydrogen (secondary N) is 1. The summed E-state index contributed by atoms with van der Waals surface area (Å²) in [5.41, 5.74) is 0. The van der Waals surface area contributed by atoms with Crippen LogP contribution in [0.2, 0.25) is 0 Å². The number of allylic oxidation sites excluding steroid dienone is 19. The molecule has 0 saturated carbocycles. The van der Waals surface area contributed by atoms with Crippen molar-refractivity contribution in [2.45, 2.75) is 251 Å². The molecule has 440 valence electrons. The number of rotatable bonds is 54. The van der Waals surface area contributed by atoms with Crippen molar-refractivity contribution in [3.8, 4) is 0 Å². The van der Waals surface area contributed by atoms with Gasteiger partial charge < -0.3 is 19.4 Å². The third-order valence-electron chi connectivity index (χ3n) is 13.0. The molecule has 0 rings (SSSR count). The highest BCUT2D eigenvalue weighted by Crippen LogP contribution is 2.43. The maximum atomic E-state index is 13.5. The zero-order valence-corrected chi connectivity index (χ0v) is 51.1. The fourth-order valence-electron chi connectivity index (χ4n) is 8.24. The predicted molar refractivity (Wildman–Crippen MR) is 332 cm³/mol. The minimum absolute atomic E-state index is 0.0284. The molecule has 0 aromatic carbocycles. The van der Waals surface area contributed by atoms with Crippen LogP contribution in [0.25, 0.3) is 0 Å². The summed E-state index contributed by atoms with van der Waals surface area (Å²) in [5, 5.41) is 3.04. The van der Waals surface area contributed by atoms with Crippen molar-refractivity contribution < 1.29 is 37.3 Å². The van der Waals surface area contributed by atoms with E-state index < -0.39 is 20.0 Å². The van der Waals surface area contributed by atoms with Crippen molar-refractivity contribution in [3.05, 3.63) is 122 Å². The molecule has 1 amide bonds. The van der Waals surface area contributed by atoms with Crippen molar-refractivity contribution in [1.82, 2.24) is 5.32 Å². The molecule has 0 aliphatic carbocycles. The van der Waals surface area contributed by atoms with Gasteiger partial charge in [0.2, 0.25) is 5.91 Å². The summed E-state index contributed by atoms with van der Waals surface area (Å²) in [5.74, 6) is -0.548. The molecule has 0 heterocycles. The Morgan fingerprint density at radius 2 is 0.896 bits per heavy atom. The summed E-state index contributed by atoms with van der Waals surface area (Å²) in [6, 6.07) is -0.869. The number of likely N-dealkylation sites (N-methyl/N-ethyl adjacent to an activating group) is 1. The van der Waals surface area contributed by atoms with Gasteiger partial charge >= 0.3 is 13.8 Å². The average Bonchev–Trinajstić information content (AvgIpc) is 3.39. The van der Waals surface area contributed by atoms with E-state index in [1.165, 1.54) is 70.6 Å². The number of phosphoric acid groups is 1. The van der Waals surface area contributed by atoms with Crippen LogP contribution in [0.1, 0.15) is 239 Å². The summed E-state index contributed by atoms with van der Waals surface area (Å²) in [7, 11) is 1.46. The minimum atomic E-state index is -4.46. The standard InChI is InChI=1S/C67H115N2O7P/c1-7-10-13-16-19-22-25-27-28-29-30-31-32-33-34-35-36-37-38-39-40-42-44-47-50-53-56-59-66(70)68-64(63-75-77(72,73)74-62-61-69(4,5)6)65(58-55-52-49-46-43-24-21-18-15-12-9-3)76-67(71)60-57-54-51-48-45-41-26-23-20-17-14-11-8-2/h10-11,13-14,17,19-20,22-23,26-28,30-31,33-34,36-37,55,58,64-65H,7-9,12,15-16,18,21,24-25,29,32,35,38-54,56-57,59-63H2,1-6H3,(H-,68,70,72,73)/p+1/b13-10-,14-11+,20-17+,22-19-,26-23-,28-27-,31-30-,34-33-,37-36-,58-55-. The van der Waals surface area contributed by atoms with Crippen molar-refractivity contribution in [2.24, 2.45) is 0 Å². The van der Waals surface area contributed by atoms with Crippen molar-refractivity contribution >= 4 is 19.7 Å². The Kier molecular flexibility index (Phi) is 53.1. The van der Waals surface area contributed by atoms with E-state index in [9.17, 15) is 19.0 Å². The number of ether oxygens (including phenoxy) is 1. The minimum Gasteiger partial charge on any atom is -0.456 e. The van der Waals surface area contributed by atoms with Gasteiger partial charge in [0.1, 0.15) is 19.3 Å². The number of hydrogen-bond acceptors (Lipinski definition) is 6. The summed E-state index contributed by atoms with van der Waals surface area (Å²) >= 11 is 0. The molecule has 0 bridgehead atoms. The summed E-state index contributed by atoms with van der Waals surface area (Å²) in [6.45, 7) is 6.72. The highest BCUT2D eigenvalue weighted by molar-refractivity contribution is 7.47. The average molecular weight is 1090 g/mol. The zero-order chi connectivity index (χ0) is 56.4. The van der Waals surface area contributed by atoms with Crippen LogP contribution in [0.4, 0.5) is 0 Å². The largest absolute Gasteiger partial charge is 0.472 e. The Labute approximate surface area is 473 Å². The van der Waals surface area contributed by atoms with E-state index in [2.05, 4.69) is 135 Å². The SMILES string of the molecule is CC/C=C\C/C=C\C/C=C\C/C=C\C/C=C\C/C=C\CCCCCCCCCCC(=O)NC(COP(=O)(O)OCC[N+](C)(C)C)C(/C=C\CCCCCCCCCCC)OC(=O)CCCCCCC\C=C/C=C/C=C/CC. The van der Waals surface area contributed by atoms with E-state index in [4.69, 9.17) is 13.8 Å². The molecular weight excluding hydrogens is 976 g/mol. The van der Waals surface area contributed by atoms with Crippen LogP contribution in [0.3, 0.4) is 0 Å². The molecule has 0 spiro atoms. The van der Waals surface area contributed by atoms with Crippen LogP contribution in [0.5, 0.6) is 0 Å². The lowest BCUT2D eigenvalue weighted by Gasteiger charge is -2.27. The van der Waals surface area contributed by atoms with Gasteiger partial charge in [-0.25, -0.2) is 4.57 Å². The quantitative estimate of drug-likeness (QED) is 0.0156. The normalized spacial score (nSPS) is 14.5. The first-order chi connectivity index (χ1) is 37.4. The molecule has 9 nitrogen and oxygen atoms in total. The van der Waals surface area contributed by atoms with Crippen LogP contribution in [-0.4, -0.2) is 74.3 Å². The predicted octanol–water partition coefficient (Wildman–Crippen LogP) is 19.1. The molecule has 2 N–H and O–H groups in total. The lowest BCUT2D eigenvalue weighted by molar-refractivity contribution is -0.870. The molecule has 0 radical (unpaired) electrons. The van der Waals surface area contributed by atoms with E-state index in [1.807, 2.05) is 33.3 Å². The van der Waals surface area contributed by atoms with Crippen molar-refractivity contribution in [1.29, 1.82) is 0 Å². The number of carbonyl (C=O) groups excluding carboxylic acids is 2. The topological polar surface area (TPSA) is 111 Å². The number of phosphoric ester groups is 1. The number of unbranched alkanes of at least 4 members (excludes halogenated alkanes) is 22. The fraction of sp³-hybridized carbons (Fsp3) is 0.672. The third kappa shape index (κ3) is 56.9. The molecule has 10 heteroatoms. The molecule has 0 saturated heterocycles. The van der Waals surface area contributed by atoms with Gasteiger partial charge in [0.05, 0.1) is 33.8 Å². The van der Waals surface area contributed by atoms with Gasteiger partial charge in [0.15, 0.2) is 0 Å². The van der Waals surface area contributed by atoms with Gasteiger partial charge in [-0.15, -0.1) is 0 Å². The number of carbonyl (C=O) groups is 2. The molecule has 0 fully saturated rings. The third-order valence-corrected chi connectivity index (χ3v) is 13.9. The molecule has 3 unspecified atom stereocenters. The number of amides is 1. The molecule has 0 aliphatic heterocycles. The number of esters is 1. The van der Waals surface area contributed by atoms with Crippen LogP contribution >= 0.6 is 7.82 Å². The van der Waals surface area contributed by atoms with Crippen molar-refractivity contribution in [3.63, 3.8) is 0 Å². The Morgan fingerprint density at radius 3 is 1.39 bits per heavy atom. The molecule has 77 heavy (non-hydrogen) atoms. The Bertz CT molecular complexity index is 1730. The van der Waals surface area contributed by atoms with E-state index >= 15 is 0 Å². The van der Waals surface area contributed by atoms with Gasteiger partial charge in [-0.05, 0) is 102 Å². The van der Waals surface area contributed by atoms with E-state index in [0.29, 0.717) is 23.9 Å². The first-order valence-electron chi connectivity index (χ1n) is 30.9. The number of quaternary nitrogens is 1. The Balaban J connectivity index is 5.13. The van der Waals surface area contributed by atoms with Gasteiger partial charge in [-0.1, -0.05) is 245 Å². The lowest BCUT2D eigenvalue weighted by Crippen LogP contribution is -2.47. The second-order valence-corrected chi connectivity index (χ2v) is 23.0. The lowest BCUT2D eigenvalue weighted by atomic mass is 10.0. The van der Waals surface area contributed by atoms with Gasteiger partial charge in [0.25, 0.3) is 0 Å². The molecular formula is C67H116N2O7P+.